The SMILES string of the molecule is CCC(CCCC(CC)(CC)CC)C(=O)OCC(C)(C)C. The highest BCUT2D eigenvalue weighted by molar-refractivity contribution is 5.72. The molecule has 0 saturated carbocycles. The Labute approximate surface area is 133 Å². The van der Waals surface area contributed by atoms with E-state index in [2.05, 4.69) is 48.5 Å². The molecule has 1 unspecified atom stereocenters. The molecule has 0 radical (unpaired) electrons. The molecule has 0 aromatic carbocycles. The third kappa shape index (κ3) is 7.87. The maximum atomic E-state index is 12.2. The summed E-state index contributed by atoms with van der Waals surface area (Å²) in [5, 5.41) is 0. The van der Waals surface area contributed by atoms with Crippen LogP contribution in [0.1, 0.15) is 93.4 Å². The quantitative estimate of drug-likeness (QED) is 0.463. The molecular formula is C19H38O2. The first-order valence-corrected chi connectivity index (χ1v) is 8.90. The van der Waals surface area contributed by atoms with E-state index in [0.29, 0.717) is 12.0 Å². The summed E-state index contributed by atoms with van der Waals surface area (Å²) in [6.45, 7) is 15.8. The highest BCUT2D eigenvalue weighted by Gasteiger charge is 2.25. The minimum absolute atomic E-state index is 0.00233. The van der Waals surface area contributed by atoms with E-state index in [0.717, 1.165) is 19.3 Å². The highest BCUT2D eigenvalue weighted by Crippen LogP contribution is 2.36. The first kappa shape index (κ1) is 20.5. The molecule has 0 saturated heterocycles. The molecule has 0 bridgehead atoms. The second kappa shape index (κ2) is 9.48. The summed E-state index contributed by atoms with van der Waals surface area (Å²) < 4.78 is 5.48. The van der Waals surface area contributed by atoms with Gasteiger partial charge in [-0.25, -0.2) is 0 Å². The van der Waals surface area contributed by atoms with Gasteiger partial charge in [-0.1, -0.05) is 74.1 Å². The molecule has 0 amide bonds. The molecular weight excluding hydrogens is 260 g/mol. The van der Waals surface area contributed by atoms with Crippen molar-refractivity contribution in [2.75, 3.05) is 6.61 Å². The van der Waals surface area contributed by atoms with Gasteiger partial charge in [0, 0.05) is 0 Å². The molecule has 2 heteroatoms. The summed E-state index contributed by atoms with van der Waals surface area (Å²) in [7, 11) is 0. The average molecular weight is 299 g/mol. The van der Waals surface area contributed by atoms with Crippen LogP contribution in [0.4, 0.5) is 0 Å². The second-order valence-electron chi connectivity index (χ2n) is 7.73. The molecule has 1 atom stereocenters. The fourth-order valence-electron chi connectivity index (χ4n) is 2.90. The van der Waals surface area contributed by atoms with Gasteiger partial charge in [0.15, 0.2) is 0 Å². The van der Waals surface area contributed by atoms with Crippen molar-refractivity contribution in [1.82, 2.24) is 0 Å². The maximum absolute atomic E-state index is 12.2. The maximum Gasteiger partial charge on any atom is 0.308 e. The molecule has 0 aliphatic carbocycles. The molecule has 0 aliphatic rings. The Kier molecular flexibility index (Phi) is 9.24. The van der Waals surface area contributed by atoms with Crippen LogP contribution in [-0.4, -0.2) is 12.6 Å². The van der Waals surface area contributed by atoms with Gasteiger partial charge >= 0.3 is 5.97 Å². The lowest BCUT2D eigenvalue weighted by Crippen LogP contribution is -2.24. The van der Waals surface area contributed by atoms with Gasteiger partial charge < -0.3 is 4.74 Å². The van der Waals surface area contributed by atoms with Crippen molar-refractivity contribution in [3.05, 3.63) is 0 Å². The molecule has 0 fully saturated rings. The van der Waals surface area contributed by atoms with Crippen molar-refractivity contribution in [1.29, 1.82) is 0 Å². The minimum atomic E-state index is 0.00233. The molecule has 2 nitrogen and oxygen atoms in total. The van der Waals surface area contributed by atoms with Crippen LogP contribution in [0.2, 0.25) is 0 Å². The number of rotatable bonds is 10. The van der Waals surface area contributed by atoms with E-state index in [1.807, 2.05) is 0 Å². The predicted molar refractivity (Wildman–Crippen MR) is 91.4 cm³/mol. The number of carbonyl (C=O) groups is 1. The fourth-order valence-corrected chi connectivity index (χ4v) is 2.90. The van der Waals surface area contributed by atoms with E-state index in [-0.39, 0.29) is 17.3 Å². The lowest BCUT2D eigenvalue weighted by Gasteiger charge is -2.31. The standard InChI is InChI=1S/C19H38O2/c1-8-16(17(20)21-15-18(5,6)7)13-12-14-19(9-2,10-3)11-4/h16H,8-15H2,1-7H3. The molecule has 0 aromatic rings. The number of ether oxygens (including phenoxy) is 1. The zero-order valence-electron chi connectivity index (χ0n) is 15.6. The van der Waals surface area contributed by atoms with E-state index in [1.165, 1.54) is 25.7 Å². The Balaban J connectivity index is 4.29. The molecule has 0 spiro atoms. The van der Waals surface area contributed by atoms with E-state index in [4.69, 9.17) is 4.74 Å². The molecule has 126 valence electrons. The molecule has 0 aromatic heterocycles. The van der Waals surface area contributed by atoms with Crippen LogP contribution in [0, 0.1) is 16.7 Å². The monoisotopic (exact) mass is 298 g/mol. The van der Waals surface area contributed by atoms with Gasteiger partial charge in [0.2, 0.25) is 0 Å². The molecule has 0 rings (SSSR count). The van der Waals surface area contributed by atoms with E-state index in [1.54, 1.807) is 0 Å². The lowest BCUT2D eigenvalue weighted by atomic mass is 9.75. The van der Waals surface area contributed by atoms with Crippen molar-refractivity contribution >= 4 is 5.97 Å². The zero-order valence-corrected chi connectivity index (χ0v) is 15.6. The number of hydrogen-bond donors (Lipinski definition) is 0. The number of carbonyl (C=O) groups excluding carboxylic acids is 1. The second-order valence-corrected chi connectivity index (χ2v) is 7.73. The fraction of sp³-hybridized carbons (Fsp3) is 0.947. The largest absolute Gasteiger partial charge is 0.465 e. The summed E-state index contributed by atoms with van der Waals surface area (Å²) in [5.41, 5.74) is 0.531. The number of esters is 1. The molecule has 21 heavy (non-hydrogen) atoms. The summed E-state index contributed by atoms with van der Waals surface area (Å²) in [5.74, 6) is 0.0816. The van der Waals surface area contributed by atoms with Crippen molar-refractivity contribution in [3.8, 4) is 0 Å². The first-order chi connectivity index (χ1) is 9.73. The van der Waals surface area contributed by atoms with Crippen molar-refractivity contribution in [3.63, 3.8) is 0 Å². The molecule has 0 N–H and O–H groups in total. The molecule has 0 aliphatic heterocycles. The van der Waals surface area contributed by atoms with Crippen molar-refractivity contribution in [2.45, 2.75) is 93.4 Å². The molecule has 0 heterocycles. The Morgan fingerprint density at radius 3 is 1.90 bits per heavy atom. The first-order valence-electron chi connectivity index (χ1n) is 8.90. The van der Waals surface area contributed by atoms with Crippen LogP contribution in [0.5, 0.6) is 0 Å². The van der Waals surface area contributed by atoms with E-state index in [9.17, 15) is 4.79 Å². The Morgan fingerprint density at radius 1 is 1.00 bits per heavy atom. The predicted octanol–water partition coefficient (Wildman–Crippen LogP) is 5.99. The summed E-state index contributed by atoms with van der Waals surface area (Å²) in [6.07, 6.45) is 7.96. The van der Waals surface area contributed by atoms with Gasteiger partial charge in [0.25, 0.3) is 0 Å². The Morgan fingerprint density at radius 2 is 1.52 bits per heavy atom. The van der Waals surface area contributed by atoms with Gasteiger partial charge in [-0.3, -0.25) is 4.79 Å². The highest BCUT2D eigenvalue weighted by atomic mass is 16.5. The van der Waals surface area contributed by atoms with Crippen molar-refractivity contribution < 1.29 is 9.53 Å². The van der Waals surface area contributed by atoms with Crippen LogP contribution < -0.4 is 0 Å². The normalized spacial score (nSPS) is 14.0. The number of hydrogen-bond acceptors (Lipinski definition) is 2. The Bertz CT molecular complexity index is 276. The van der Waals surface area contributed by atoms with Crippen LogP contribution in [0.15, 0.2) is 0 Å². The smallest absolute Gasteiger partial charge is 0.308 e. The van der Waals surface area contributed by atoms with Gasteiger partial charge in [0.05, 0.1) is 12.5 Å². The van der Waals surface area contributed by atoms with Crippen LogP contribution >= 0.6 is 0 Å². The summed E-state index contributed by atoms with van der Waals surface area (Å²) >= 11 is 0. The van der Waals surface area contributed by atoms with Gasteiger partial charge in [-0.05, 0) is 30.1 Å². The average Bonchev–Trinajstić information content (AvgIpc) is 2.45. The van der Waals surface area contributed by atoms with Crippen LogP contribution in [0.3, 0.4) is 0 Å². The van der Waals surface area contributed by atoms with Gasteiger partial charge in [-0.2, -0.15) is 0 Å². The topological polar surface area (TPSA) is 26.3 Å². The minimum Gasteiger partial charge on any atom is -0.465 e. The third-order valence-electron chi connectivity index (χ3n) is 4.98. The lowest BCUT2D eigenvalue weighted by molar-refractivity contribution is -0.151. The summed E-state index contributed by atoms with van der Waals surface area (Å²) in [4.78, 5) is 12.2. The van der Waals surface area contributed by atoms with Crippen molar-refractivity contribution in [2.24, 2.45) is 16.7 Å². The third-order valence-corrected chi connectivity index (χ3v) is 4.98. The van der Waals surface area contributed by atoms with Crippen LogP contribution in [0.25, 0.3) is 0 Å². The summed E-state index contributed by atoms with van der Waals surface area (Å²) in [6, 6.07) is 0. The van der Waals surface area contributed by atoms with E-state index < -0.39 is 0 Å². The Hall–Kier alpha value is -0.530. The van der Waals surface area contributed by atoms with Gasteiger partial charge in [0.1, 0.15) is 0 Å². The van der Waals surface area contributed by atoms with Gasteiger partial charge in [-0.15, -0.1) is 0 Å². The zero-order chi connectivity index (χ0) is 16.5. The van der Waals surface area contributed by atoms with Crippen LogP contribution in [-0.2, 0) is 9.53 Å². The van der Waals surface area contributed by atoms with E-state index >= 15 is 0 Å².